The van der Waals surface area contributed by atoms with Gasteiger partial charge in [-0.15, -0.1) is 0 Å². The number of hydrogen-bond acceptors (Lipinski definition) is 2. The van der Waals surface area contributed by atoms with Crippen LogP contribution >= 0.6 is 0 Å². The van der Waals surface area contributed by atoms with Crippen LogP contribution in [0.1, 0.15) is 50.2 Å². The number of nitrogens with zero attached hydrogens (tertiary/aromatic N) is 1. The molecule has 1 aliphatic carbocycles. The summed E-state index contributed by atoms with van der Waals surface area (Å²) in [6.45, 7) is 0.523. The van der Waals surface area contributed by atoms with E-state index in [1.165, 1.54) is 18.6 Å². The summed E-state index contributed by atoms with van der Waals surface area (Å²) in [4.78, 5) is 14.4. The number of anilines is 1. The lowest BCUT2D eigenvalue weighted by atomic mass is 9.87. The first-order valence-corrected chi connectivity index (χ1v) is 7.45. The molecule has 0 saturated heterocycles. The third kappa shape index (κ3) is 2.44. The van der Waals surface area contributed by atoms with Gasteiger partial charge < -0.3 is 10.0 Å². The van der Waals surface area contributed by atoms with Crippen molar-refractivity contribution in [1.29, 1.82) is 0 Å². The van der Waals surface area contributed by atoms with Gasteiger partial charge in [-0.2, -0.15) is 0 Å². The maximum atomic E-state index is 13.3. The summed E-state index contributed by atoms with van der Waals surface area (Å²) in [6, 6.07) is 4.33. The SMILES string of the molecule is O=C(C1CCCCC1)N1CCC(O)c2cc(F)ccc21. The van der Waals surface area contributed by atoms with Crippen LogP contribution < -0.4 is 4.90 Å². The molecule has 1 N–H and O–H groups in total. The van der Waals surface area contributed by atoms with Crippen molar-refractivity contribution in [3.8, 4) is 0 Å². The lowest BCUT2D eigenvalue weighted by Crippen LogP contribution is -2.41. The lowest BCUT2D eigenvalue weighted by Gasteiger charge is -2.35. The van der Waals surface area contributed by atoms with Crippen molar-refractivity contribution in [2.24, 2.45) is 5.92 Å². The second kappa shape index (κ2) is 5.52. The molecular formula is C16H20FNO2. The van der Waals surface area contributed by atoms with Crippen LogP contribution in [-0.2, 0) is 4.79 Å². The van der Waals surface area contributed by atoms with E-state index in [1.807, 2.05) is 0 Å². The highest BCUT2D eigenvalue weighted by molar-refractivity contribution is 5.96. The fraction of sp³-hybridized carbons (Fsp3) is 0.562. The van der Waals surface area contributed by atoms with Crippen molar-refractivity contribution in [3.05, 3.63) is 29.6 Å². The molecule has 4 heteroatoms. The molecule has 2 aliphatic rings. The molecule has 1 fully saturated rings. The first kappa shape index (κ1) is 13.6. The predicted octanol–water partition coefficient (Wildman–Crippen LogP) is 3.18. The van der Waals surface area contributed by atoms with E-state index in [2.05, 4.69) is 0 Å². The first-order valence-electron chi connectivity index (χ1n) is 7.45. The fourth-order valence-corrected chi connectivity index (χ4v) is 3.36. The Balaban J connectivity index is 1.88. The number of fused-ring (bicyclic) bond motifs is 1. The second-order valence-electron chi connectivity index (χ2n) is 5.83. The highest BCUT2D eigenvalue weighted by atomic mass is 19.1. The number of halogens is 1. The highest BCUT2D eigenvalue weighted by Gasteiger charge is 2.32. The number of aliphatic hydroxyl groups excluding tert-OH is 1. The molecular weight excluding hydrogens is 257 g/mol. The maximum Gasteiger partial charge on any atom is 0.230 e. The topological polar surface area (TPSA) is 40.5 Å². The largest absolute Gasteiger partial charge is 0.388 e. The molecule has 1 amide bonds. The lowest BCUT2D eigenvalue weighted by molar-refractivity contribution is -0.123. The minimum Gasteiger partial charge on any atom is -0.388 e. The zero-order chi connectivity index (χ0) is 14.1. The third-order valence-corrected chi connectivity index (χ3v) is 4.49. The van der Waals surface area contributed by atoms with E-state index in [9.17, 15) is 14.3 Å². The van der Waals surface area contributed by atoms with E-state index in [-0.39, 0.29) is 17.6 Å². The average molecular weight is 277 g/mol. The van der Waals surface area contributed by atoms with Crippen LogP contribution in [0.4, 0.5) is 10.1 Å². The smallest absolute Gasteiger partial charge is 0.230 e. The quantitative estimate of drug-likeness (QED) is 0.856. The maximum absolute atomic E-state index is 13.3. The number of hydrogen-bond donors (Lipinski definition) is 1. The van der Waals surface area contributed by atoms with E-state index in [0.29, 0.717) is 24.2 Å². The molecule has 1 aromatic carbocycles. The average Bonchev–Trinajstić information content (AvgIpc) is 2.48. The molecule has 0 aromatic heterocycles. The molecule has 3 nitrogen and oxygen atoms in total. The molecule has 0 bridgehead atoms. The predicted molar refractivity (Wildman–Crippen MR) is 74.9 cm³/mol. The molecule has 1 atom stereocenters. The molecule has 1 aromatic rings. The van der Waals surface area contributed by atoms with Gasteiger partial charge in [-0.25, -0.2) is 4.39 Å². The van der Waals surface area contributed by atoms with Crippen molar-refractivity contribution >= 4 is 11.6 Å². The van der Waals surface area contributed by atoms with Gasteiger partial charge in [-0.3, -0.25) is 4.79 Å². The number of carbonyl (C=O) groups excluding carboxylic acids is 1. The Morgan fingerprint density at radius 2 is 1.95 bits per heavy atom. The van der Waals surface area contributed by atoms with Crippen LogP contribution in [0.2, 0.25) is 0 Å². The van der Waals surface area contributed by atoms with E-state index in [1.54, 1.807) is 11.0 Å². The molecule has 20 heavy (non-hydrogen) atoms. The Kier molecular flexibility index (Phi) is 3.74. The van der Waals surface area contributed by atoms with Crippen LogP contribution in [0.25, 0.3) is 0 Å². The Morgan fingerprint density at radius 1 is 1.20 bits per heavy atom. The number of benzene rings is 1. The van der Waals surface area contributed by atoms with Crippen molar-refractivity contribution < 1.29 is 14.3 Å². The van der Waals surface area contributed by atoms with Crippen LogP contribution in [0.15, 0.2) is 18.2 Å². The second-order valence-corrected chi connectivity index (χ2v) is 5.83. The standard InChI is InChI=1S/C16H20FNO2/c17-12-6-7-14-13(10-12)15(19)8-9-18(14)16(20)11-4-2-1-3-5-11/h6-7,10-11,15,19H,1-5,8-9H2. The monoisotopic (exact) mass is 277 g/mol. The number of carbonyl (C=O) groups is 1. The van der Waals surface area contributed by atoms with Gasteiger partial charge in [0.15, 0.2) is 0 Å². The normalized spacial score (nSPS) is 23.5. The minimum atomic E-state index is -0.670. The zero-order valence-corrected chi connectivity index (χ0v) is 11.5. The Morgan fingerprint density at radius 3 is 2.70 bits per heavy atom. The van der Waals surface area contributed by atoms with Crippen LogP contribution in [-0.4, -0.2) is 17.6 Å². The molecule has 1 aliphatic heterocycles. The molecule has 0 radical (unpaired) electrons. The van der Waals surface area contributed by atoms with E-state index in [4.69, 9.17) is 0 Å². The molecule has 3 rings (SSSR count). The van der Waals surface area contributed by atoms with Gasteiger partial charge in [-0.05, 0) is 37.5 Å². The summed E-state index contributed by atoms with van der Waals surface area (Å²) in [5.41, 5.74) is 1.22. The summed E-state index contributed by atoms with van der Waals surface area (Å²) in [7, 11) is 0. The van der Waals surface area contributed by atoms with E-state index >= 15 is 0 Å². The Hall–Kier alpha value is -1.42. The first-order chi connectivity index (χ1) is 9.66. The van der Waals surface area contributed by atoms with Gasteiger partial charge in [0.2, 0.25) is 5.91 Å². The van der Waals surface area contributed by atoms with E-state index < -0.39 is 6.10 Å². The van der Waals surface area contributed by atoms with Gasteiger partial charge in [-0.1, -0.05) is 19.3 Å². The zero-order valence-electron chi connectivity index (χ0n) is 11.5. The van der Waals surface area contributed by atoms with Gasteiger partial charge in [0, 0.05) is 23.7 Å². The van der Waals surface area contributed by atoms with Gasteiger partial charge >= 0.3 is 0 Å². The molecule has 1 saturated carbocycles. The van der Waals surface area contributed by atoms with Gasteiger partial charge in [0.05, 0.1) is 6.10 Å². The number of amides is 1. The molecule has 0 spiro atoms. The van der Waals surface area contributed by atoms with Crippen molar-refractivity contribution in [3.63, 3.8) is 0 Å². The third-order valence-electron chi connectivity index (χ3n) is 4.49. The van der Waals surface area contributed by atoms with Crippen LogP contribution in [0.3, 0.4) is 0 Å². The van der Waals surface area contributed by atoms with Crippen molar-refractivity contribution in [2.75, 3.05) is 11.4 Å². The molecule has 1 heterocycles. The summed E-state index contributed by atoms with van der Waals surface area (Å²) in [5, 5.41) is 9.99. The van der Waals surface area contributed by atoms with Crippen molar-refractivity contribution in [2.45, 2.75) is 44.6 Å². The van der Waals surface area contributed by atoms with Crippen molar-refractivity contribution in [1.82, 2.24) is 0 Å². The van der Waals surface area contributed by atoms with Gasteiger partial charge in [0.1, 0.15) is 5.82 Å². The van der Waals surface area contributed by atoms with Crippen LogP contribution in [0, 0.1) is 11.7 Å². The Labute approximate surface area is 118 Å². The number of aliphatic hydroxyl groups is 1. The van der Waals surface area contributed by atoms with E-state index in [0.717, 1.165) is 25.7 Å². The minimum absolute atomic E-state index is 0.0943. The van der Waals surface area contributed by atoms with Crippen LogP contribution in [0.5, 0.6) is 0 Å². The summed E-state index contributed by atoms with van der Waals surface area (Å²) in [5.74, 6) is -0.129. The Bertz CT molecular complexity index is 511. The fourth-order valence-electron chi connectivity index (χ4n) is 3.36. The van der Waals surface area contributed by atoms with Gasteiger partial charge in [0.25, 0.3) is 0 Å². The number of rotatable bonds is 1. The molecule has 108 valence electrons. The summed E-state index contributed by atoms with van der Waals surface area (Å²) < 4.78 is 13.3. The summed E-state index contributed by atoms with van der Waals surface area (Å²) >= 11 is 0. The summed E-state index contributed by atoms with van der Waals surface area (Å²) in [6.07, 6.45) is 5.16. The molecule has 1 unspecified atom stereocenters. The highest BCUT2D eigenvalue weighted by Crippen LogP contribution is 2.36.